The van der Waals surface area contributed by atoms with Crippen LogP contribution in [-0.2, 0) is 6.42 Å². The van der Waals surface area contributed by atoms with Crippen molar-refractivity contribution in [2.24, 2.45) is 5.73 Å². The van der Waals surface area contributed by atoms with Gasteiger partial charge in [0.2, 0.25) is 0 Å². The van der Waals surface area contributed by atoms with Crippen LogP contribution in [0.15, 0.2) is 42.5 Å². The summed E-state index contributed by atoms with van der Waals surface area (Å²) in [5, 5.41) is 0. The van der Waals surface area contributed by atoms with Crippen molar-refractivity contribution in [3.05, 3.63) is 53.6 Å². The second-order valence-electron chi connectivity index (χ2n) is 5.41. The van der Waals surface area contributed by atoms with Gasteiger partial charge in [-0.15, -0.1) is 0 Å². The Bertz CT molecular complexity index is 671. The fourth-order valence-corrected chi connectivity index (χ4v) is 2.84. The van der Waals surface area contributed by atoms with E-state index in [1.165, 1.54) is 5.56 Å². The Kier molecular flexibility index (Phi) is 2.97. The molecule has 2 aliphatic heterocycles. The van der Waals surface area contributed by atoms with Crippen LogP contribution in [0.1, 0.15) is 17.2 Å². The van der Waals surface area contributed by atoms with Crippen molar-refractivity contribution in [2.75, 3.05) is 13.2 Å². The van der Waals surface area contributed by atoms with Crippen molar-refractivity contribution in [1.29, 1.82) is 0 Å². The molecule has 4 heteroatoms. The highest BCUT2D eigenvalue weighted by Crippen LogP contribution is 2.35. The third-order valence-electron chi connectivity index (χ3n) is 4.03. The second kappa shape index (κ2) is 4.97. The van der Waals surface area contributed by atoms with Gasteiger partial charge in [0.05, 0.1) is 12.6 Å². The molecule has 0 aliphatic carbocycles. The number of hydrogen-bond donors (Lipinski definition) is 1. The summed E-state index contributed by atoms with van der Waals surface area (Å²) in [6, 6.07) is 13.6. The lowest BCUT2D eigenvalue weighted by molar-refractivity contribution is 0.0721. The first-order chi connectivity index (χ1) is 10.3. The third-order valence-corrected chi connectivity index (χ3v) is 4.03. The van der Waals surface area contributed by atoms with Crippen molar-refractivity contribution in [2.45, 2.75) is 18.6 Å². The van der Waals surface area contributed by atoms with E-state index in [4.69, 9.17) is 19.9 Å². The molecule has 0 amide bonds. The Labute approximate surface area is 123 Å². The predicted octanol–water partition coefficient (Wildman–Crippen LogP) is 2.46. The summed E-state index contributed by atoms with van der Waals surface area (Å²) in [7, 11) is 0. The first kappa shape index (κ1) is 12.5. The molecule has 4 rings (SSSR count). The van der Waals surface area contributed by atoms with E-state index in [0.717, 1.165) is 35.8 Å². The molecule has 0 saturated heterocycles. The van der Waals surface area contributed by atoms with E-state index in [9.17, 15) is 0 Å². The van der Waals surface area contributed by atoms with Gasteiger partial charge in [0.1, 0.15) is 12.4 Å². The number of rotatable bonds is 2. The van der Waals surface area contributed by atoms with Gasteiger partial charge in [0, 0.05) is 6.42 Å². The highest BCUT2D eigenvalue weighted by molar-refractivity contribution is 5.43. The minimum Gasteiger partial charge on any atom is -0.493 e. The van der Waals surface area contributed by atoms with Crippen LogP contribution in [0.25, 0.3) is 0 Å². The molecule has 0 fully saturated rings. The Hall–Kier alpha value is -2.20. The summed E-state index contributed by atoms with van der Waals surface area (Å²) in [5.74, 6) is 2.51. The summed E-state index contributed by atoms with van der Waals surface area (Å²) in [5.41, 5.74) is 8.66. The monoisotopic (exact) mass is 283 g/mol. The lowest BCUT2D eigenvalue weighted by atomic mass is 9.99. The molecule has 21 heavy (non-hydrogen) atoms. The van der Waals surface area contributed by atoms with Crippen LogP contribution in [0.3, 0.4) is 0 Å². The zero-order valence-corrected chi connectivity index (χ0v) is 11.6. The Morgan fingerprint density at radius 2 is 1.86 bits per heavy atom. The zero-order valence-electron chi connectivity index (χ0n) is 11.6. The standard InChI is InChI=1S/C17H17NO3/c18-17(12-5-6-13-11(9-12)7-8-19-13)16-10-20-14-3-1-2-4-15(14)21-16/h1-6,9,16-17H,7-8,10,18H2. The van der Waals surface area contributed by atoms with Crippen LogP contribution < -0.4 is 19.9 Å². The van der Waals surface area contributed by atoms with E-state index in [2.05, 4.69) is 6.07 Å². The highest BCUT2D eigenvalue weighted by Gasteiger charge is 2.28. The lowest BCUT2D eigenvalue weighted by Gasteiger charge is -2.30. The topological polar surface area (TPSA) is 53.7 Å². The summed E-state index contributed by atoms with van der Waals surface area (Å²) in [4.78, 5) is 0. The molecular formula is C17H17NO3. The Balaban J connectivity index is 1.57. The molecule has 2 heterocycles. The van der Waals surface area contributed by atoms with Gasteiger partial charge < -0.3 is 19.9 Å². The maximum atomic E-state index is 6.38. The normalized spacial score (nSPS) is 20.5. The smallest absolute Gasteiger partial charge is 0.161 e. The van der Waals surface area contributed by atoms with E-state index in [-0.39, 0.29) is 12.1 Å². The average Bonchev–Trinajstić information content (AvgIpc) is 3.01. The number of nitrogens with two attached hydrogens (primary N) is 1. The van der Waals surface area contributed by atoms with Gasteiger partial charge in [-0.05, 0) is 29.3 Å². The van der Waals surface area contributed by atoms with Crippen LogP contribution in [0.4, 0.5) is 0 Å². The van der Waals surface area contributed by atoms with E-state index in [0.29, 0.717) is 6.61 Å². The largest absolute Gasteiger partial charge is 0.493 e. The fourth-order valence-electron chi connectivity index (χ4n) is 2.84. The van der Waals surface area contributed by atoms with Gasteiger partial charge in [0.25, 0.3) is 0 Å². The van der Waals surface area contributed by atoms with Gasteiger partial charge in [-0.3, -0.25) is 0 Å². The summed E-state index contributed by atoms with van der Waals surface area (Å²) >= 11 is 0. The highest BCUT2D eigenvalue weighted by atomic mass is 16.6. The number of hydrogen-bond acceptors (Lipinski definition) is 4. The second-order valence-corrected chi connectivity index (χ2v) is 5.41. The zero-order chi connectivity index (χ0) is 14.2. The first-order valence-electron chi connectivity index (χ1n) is 7.21. The molecule has 4 nitrogen and oxygen atoms in total. The van der Waals surface area contributed by atoms with Crippen molar-refractivity contribution in [3.63, 3.8) is 0 Å². The molecule has 2 unspecified atom stereocenters. The van der Waals surface area contributed by atoms with Crippen LogP contribution in [0.2, 0.25) is 0 Å². The van der Waals surface area contributed by atoms with Crippen LogP contribution in [0.5, 0.6) is 17.2 Å². The fraction of sp³-hybridized carbons (Fsp3) is 0.294. The summed E-state index contributed by atoms with van der Waals surface area (Å²) in [6.07, 6.45) is 0.765. The van der Waals surface area contributed by atoms with Gasteiger partial charge in [0.15, 0.2) is 17.6 Å². The van der Waals surface area contributed by atoms with Crippen LogP contribution in [-0.4, -0.2) is 19.3 Å². The van der Waals surface area contributed by atoms with Crippen molar-refractivity contribution in [3.8, 4) is 17.2 Å². The lowest BCUT2D eigenvalue weighted by Crippen LogP contribution is -2.38. The Morgan fingerprint density at radius 1 is 1.00 bits per heavy atom. The van der Waals surface area contributed by atoms with Crippen molar-refractivity contribution >= 4 is 0 Å². The maximum Gasteiger partial charge on any atom is 0.161 e. The Morgan fingerprint density at radius 3 is 2.76 bits per heavy atom. The van der Waals surface area contributed by atoms with Crippen molar-refractivity contribution in [1.82, 2.24) is 0 Å². The van der Waals surface area contributed by atoms with Gasteiger partial charge in [-0.1, -0.05) is 24.3 Å². The van der Waals surface area contributed by atoms with Crippen LogP contribution in [0, 0.1) is 0 Å². The number of fused-ring (bicyclic) bond motifs is 2. The number of benzene rings is 2. The molecule has 2 aromatic carbocycles. The van der Waals surface area contributed by atoms with Gasteiger partial charge >= 0.3 is 0 Å². The third kappa shape index (κ3) is 2.21. The molecule has 2 aromatic rings. The molecule has 0 bridgehead atoms. The molecule has 0 aromatic heterocycles. The quantitative estimate of drug-likeness (QED) is 0.920. The van der Waals surface area contributed by atoms with E-state index in [1.807, 2.05) is 36.4 Å². The molecule has 108 valence electrons. The number of ether oxygens (including phenoxy) is 3. The summed E-state index contributed by atoms with van der Waals surface area (Å²) < 4.78 is 17.3. The molecule has 2 atom stereocenters. The van der Waals surface area contributed by atoms with E-state index < -0.39 is 0 Å². The van der Waals surface area contributed by atoms with E-state index in [1.54, 1.807) is 0 Å². The summed E-state index contributed by atoms with van der Waals surface area (Å²) in [6.45, 7) is 1.22. The molecular weight excluding hydrogens is 266 g/mol. The molecule has 0 saturated carbocycles. The first-order valence-corrected chi connectivity index (χ1v) is 7.21. The minimum atomic E-state index is -0.218. The molecule has 2 N–H and O–H groups in total. The van der Waals surface area contributed by atoms with Crippen LogP contribution >= 0.6 is 0 Å². The molecule has 0 radical (unpaired) electrons. The van der Waals surface area contributed by atoms with Gasteiger partial charge in [-0.25, -0.2) is 0 Å². The maximum absolute atomic E-state index is 6.38. The molecule has 2 aliphatic rings. The average molecular weight is 283 g/mol. The SMILES string of the molecule is NC(c1ccc2c(c1)CCO2)C1COc2ccccc2O1. The minimum absolute atomic E-state index is 0.180. The molecule has 0 spiro atoms. The predicted molar refractivity (Wildman–Crippen MR) is 78.9 cm³/mol. The van der Waals surface area contributed by atoms with Gasteiger partial charge in [-0.2, -0.15) is 0 Å². The van der Waals surface area contributed by atoms with Crippen molar-refractivity contribution < 1.29 is 14.2 Å². The number of para-hydroxylation sites is 2. The van der Waals surface area contributed by atoms with E-state index >= 15 is 0 Å².